The number of halogens is 3. The minimum Gasteiger partial charge on any atom is -0.480 e. The number of nitrogens with zero attached hydrogens (tertiary/aromatic N) is 1. The van der Waals surface area contributed by atoms with Crippen LogP contribution in [-0.2, 0) is 9.59 Å². The highest BCUT2D eigenvalue weighted by atomic mass is 35.5. The maximum Gasteiger partial charge on any atom is 0.317 e. The van der Waals surface area contributed by atoms with Crippen LogP contribution < -0.4 is 5.32 Å². The Bertz CT molecular complexity index is 509. The van der Waals surface area contributed by atoms with E-state index < -0.39 is 35.2 Å². The monoisotopic (exact) mass is 336 g/mol. The topological polar surface area (TPSA) is 69.6 Å². The van der Waals surface area contributed by atoms with Crippen LogP contribution in [0.4, 0.5) is 14.5 Å². The summed E-state index contributed by atoms with van der Waals surface area (Å²) in [6, 6.07) is 2.44. The summed E-state index contributed by atoms with van der Waals surface area (Å²) in [6.07, 6.45) is 0.652. The zero-order valence-electron chi connectivity index (χ0n) is 12.3. The van der Waals surface area contributed by atoms with Crippen molar-refractivity contribution in [2.45, 2.75) is 26.3 Å². The third-order valence-electron chi connectivity index (χ3n) is 2.99. The van der Waals surface area contributed by atoms with Gasteiger partial charge in [0.05, 0.1) is 12.6 Å². The zero-order valence-corrected chi connectivity index (χ0v) is 13.1. The molecule has 1 aromatic rings. The van der Waals surface area contributed by atoms with Gasteiger partial charge in [0.2, 0.25) is 5.91 Å². The first-order valence-corrected chi connectivity index (χ1v) is 6.57. The van der Waals surface area contributed by atoms with Crippen LogP contribution in [-0.4, -0.2) is 41.0 Å². The highest BCUT2D eigenvalue weighted by Crippen LogP contribution is 2.18. The van der Waals surface area contributed by atoms with E-state index in [-0.39, 0.29) is 19.0 Å². The second-order valence-electron chi connectivity index (χ2n) is 4.63. The molecule has 1 atom stereocenters. The van der Waals surface area contributed by atoms with Gasteiger partial charge in [0.15, 0.2) is 0 Å². The fourth-order valence-corrected chi connectivity index (χ4v) is 1.88. The van der Waals surface area contributed by atoms with E-state index in [1.807, 2.05) is 6.92 Å². The average molecular weight is 337 g/mol. The number of carbonyl (C=O) groups is 2. The molecule has 5 nitrogen and oxygen atoms in total. The molecule has 0 aromatic heterocycles. The molecular formula is C14H19ClF2N2O3. The van der Waals surface area contributed by atoms with Gasteiger partial charge in [0, 0.05) is 0 Å². The van der Waals surface area contributed by atoms with Crippen molar-refractivity contribution in [2.75, 3.05) is 18.4 Å². The SMILES string of the molecule is CCCN(CC(=O)O)C(C)C(=O)Nc1c(F)cccc1F.Cl. The zero-order chi connectivity index (χ0) is 16.0. The Morgan fingerprint density at radius 2 is 1.86 bits per heavy atom. The van der Waals surface area contributed by atoms with Crippen LogP contribution in [0.1, 0.15) is 20.3 Å². The fourth-order valence-electron chi connectivity index (χ4n) is 1.88. The van der Waals surface area contributed by atoms with Crippen LogP contribution in [0, 0.1) is 11.6 Å². The Hall–Kier alpha value is -1.73. The van der Waals surface area contributed by atoms with E-state index in [0.29, 0.717) is 13.0 Å². The number of amides is 1. The standard InChI is InChI=1S/C14H18F2N2O3.ClH/c1-3-7-18(8-12(19)20)9(2)14(21)17-13-10(15)5-4-6-11(13)16;/h4-6,9H,3,7-8H2,1-2H3,(H,17,21)(H,19,20);1H. The van der Waals surface area contributed by atoms with Crippen LogP contribution in [0.2, 0.25) is 0 Å². The molecule has 0 aliphatic carbocycles. The van der Waals surface area contributed by atoms with E-state index in [4.69, 9.17) is 5.11 Å². The van der Waals surface area contributed by atoms with Gasteiger partial charge >= 0.3 is 5.97 Å². The summed E-state index contributed by atoms with van der Waals surface area (Å²) >= 11 is 0. The molecule has 0 fully saturated rings. The molecule has 0 bridgehead atoms. The van der Waals surface area contributed by atoms with Gasteiger partial charge in [-0.05, 0) is 32.0 Å². The van der Waals surface area contributed by atoms with Crippen LogP contribution >= 0.6 is 12.4 Å². The van der Waals surface area contributed by atoms with E-state index in [0.717, 1.165) is 12.1 Å². The molecule has 0 aliphatic rings. The van der Waals surface area contributed by atoms with Gasteiger partial charge in [-0.1, -0.05) is 13.0 Å². The number of hydrogen-bond donors (Lipinski definition) is 2. The first kappa shape index (κ1) is 20.3. The van der Waals surface area contributed by atoms with Crippen molar-refractivity contribution in [3.05, 3.63) is 29.8 Å². The second-order valence-corrected chi connectivity index (χ2v) is 4.63. The summed E-state index contributed by atoms with van der Waals surface area (Å²) in [7, 11) is 0. The Labute approximate surface area is 133 Å². The molecule has 1 unspecified atom stereocenters. The van der Waals surface area contributed by atoms with Gasteiger partial charge in [-0.3, -0.25) is 14.5 Å². The number of hydrogen-bond acceptors (Lipinski definition) is 3. The smallest absolute Gasteiger partial charge is 0.317 e. The molecule has 8 heteroatoms. The van der Waals surface area contributed by atoms with E-state index >= 15 is 0 Å². The predicted molar refractivity (Wildman–Crippen MR) is 81.2 cm³/mol. The van der Waals surface area contributed by atoms with Crippen molar-refractivity contribution in [3.8, 4) is 0 Å². The second kappa shape index (κ2) is 9.32. The molecule has 1 rings (SSSR count). The summed E-state index contributed by atoms with van der Waals surface area (Å²) in [4.78, 5) is 24.2. The summed E-state index contributed by atoms with van der Waals surface area (Å²) in [5, 5.41) is 11.0. The Balaban J connectivity index is 0.00000441. The number of carbonyl (C=O) groups excluding carboxylic acids is 1. The van der Waals surface area contributed by atoms with E-state index in [1.165, 1.54) is 17.9 Å². The van der Waals surface area contributed by atoms with E-state index in [2.05, 4.69) is 5.32 Å². The van der Waals surface area contributed by atoms with Gasteiger partial charge < -0.3 is 10.4 Å². The van der Waals surface area contributed by atoms with Gasteiger partial charge in [-0.15, -0.1) is 12.4 Å². The lowest BCUT2D eigenvalue weighted by molar-refractivity contribution is -0.139. The number of carboxylic acid groups (broad SMARTS) is 1. The molecule has 0 saturated carbocycles. The van der Waals surface area contributed by atoms with E-state index in [9.17, 15) is 18.4 Å². The average Bonchev–Trinajstić information content (AvgIpc) is 2.41. The van der Waals surface area contributed by atoms with Crippen LogP contribution in [0.15, 0.2) is 18.2 Å². The maximum atomic E-state index is 13.5. The van der Waals surface area contributed by atoms with E-state index in [1.54, 1.807) is 0 Å². The Morgan fingerprint density at radius 3 is 2.32 bits per heavy atom. The largest absolute Gasteiger partial charge is 0.480 e. The molecule has 22 heavy (non-hydrogen) atoms. The number of aliphatic carboxylic acids is 1. The summed E-state index contributed by atoms with van der Waals surface area (Å²) in [5.74, 6) is -3.49. The molecule has 1 amide bonds. The van der Waals surface area contributed by atoms with Crippen LogP contribution in [0.25, 0.3) is 0 Å². The molecule has 2 N–H and O–H groups in total. The molecule has 0 radical (unpaired) electrons. The van der Waals surface area contributed by atoms with Crippen molar-refractivity contribution >= 4 is 30.0 Å². The van der Waals surface area contributed by atoms with Gasteiger partial charge in [-0.2, -0.15) is 0 Å². The van der Waals surface area contributed by atoms with Crippen molar-refractivity contribution in [2.24, 2.45) is 0 Å². The first-order chi connectivity index (χ1) is 9.86. The Kier molecular flexibility index (Phi) is 8.59. The highest BCUT2D eigenvalue weighted by molar-refractivity contribution is 5.95. The molecule has 1 aromatic carbocycles. The number of benzene rings is 1. The number of anilines is 1. The van der Waals surface area contributed by atoms with Crippen molar-refractivity contribution in [1.29, 1.82) is 0 Å². The lowest BCUT2D eigenvalue weighted by Gasteiger charge is -2.26. The van der Waals surface area contributed by atoms with Gasteiger partial charge in [0.1, 0.15) is 17.3 Å². The number of para-hydroxylation sites is 1. The summed E-state index contributed by atoms with van der Waals surface area (Å²) in [6.45, 7) is 3.41. The first-order valence-electron chi connectivity index (χ1n) is 6.57. The molecule has 124 valence electrons. The minimum atomic E-state index is -1.07. The number of carboxylic acids is 1. The maximum absolute atomic E-state index is 13.5. The predicted octanol–water partition coefficient (Wildman–Crippen LogP) is 2.51. The minimum absolute atomic E-state index is 0. The van der Waals surface area contributed by atoms with Crippen LogP contribution in [0.3, 0.4) is 0 Å². The lowest BCUT2D eigenvalue weighted by Crippen LogP contribution is -2.45. The van der Waals surface area contributed by atoms with Crippen molar-refractivity contribution < 1.29 is 23.5 Å². The normalized spacial score (nSPS) is 11.7. The quantitative estimate of drug-likeness (QED) is 0.802. The fraction of sp³-hybridized carbons (Fsp3) is 0.429. The number of rotatable bonds is 7. The third kappa shape index (κ3) is 5.57. The number of nitrogens with one attached hydrogen (secondary N) is 1. The molecule has 0 aliphatic heterocycles. The van der Waals surface area contributed by atoms with Crippen LogP contribution in [0.5, 0.6) is 0 Å². The third-order valence-corrected chi connectivity index (χ3v) is 2.99. The molecule has 0 saturated heterocycles. The lowest BCUT2D eigenvalue weighted by atomic mass is 10.2. The molecule has 0 heterocycles. The van der Waals surface area contributed by atoms with Gasteiger partial charge in [-0.25, -0.2) is 8.78 Å². The summed E-state index contributed by atoms with van der Waals surface area (Å²) < 4.78 is 26.9. The van der Waals surface area contributed by atoms with Crippen molar-refractivity contribution in [1.82, 2.24) is 4.90 Å². The molecular weight excluding hydrogens is 318 g/mol. The summed E-state index contributed by atoms with van der Waals surface area (Å²) in [5.41, 5.74) is -0.527. The van der Waals surface area contributed by atoms with Gasteiger partial charge in [0.25, 0.3) is 0 Å². The highest BCUT2D eigenvalue weighted by Gasteiger charge is 2.24. The molecule has 0 spiro atoms. The Morgan fingerprint density at radius 1 is 1.32 bits per heavy atom. The van der Waals surface area contributed by atoms with Crippen molar-refractivity contribution in [3.63, 3.8) is 0 Å².